The third-order valence-electron chi connectivity index (χ3n) is 3.05. The standard InChI is InChI=1S/C11H17N3O2S/c1-16-11(15)8-9(12)14-17-10(8)13-7-5-3-2-4-6-7/h7,13H,2-6H2,1H3,(H2,12,14). The van der Waals surface area contributed by atoms with E-state index in [2.05, 4.69) is 9.69 Å². The Hall–Kier alpha value is -1.30. The molecule has 0 atom stereocenters. The average molecular weight is 255 g/mol. The number of carbonyl (C=O) groups is 1. The Morgan fingerprint density at radius 2 is 2.18 bits per heavy atom. The molecule has 1 fully saturated rings. The van der Waals surface area contributed by atoms with Crippen molar-refractivity contribution in [3.05, 3.63) is 5.56 Å². The Labute approximate surface area is 105 Å². The first kappa shape index (κ1) is 12.2. The third-order valence-corrected chi connectivity index (χ3v) is 3.84. The second-order valence-electron chi connectivity index (χ2n) is 4.24. The van der Waals surface area contributed by atoms with Crippen LogP contribution in [0.15, 0.2) is 0 Å². The lowest BCUT2D eigenvalue weighted by Crippen LogP contribution is -2.23. The van der Waals surface area contributed by atoms with Crippen LogP contribution in [0.25, 0.3) is 0 Å². The maximum atomic E-state index is 11.6. The van der Waals surface area contributed by atoms with Gasteiger partial charge in [0, 0.05) is 6.04 Å². The largest absolute Gasteiger partial charge is 0.465 e. The van der Waals surface area contributed by atoms with E-state index in [0.29, 0.717) is 11.6 Å². The summed E-state index contributed by atoms with van der Waals surface area (Å²) >= 11 is 1.23. The summed E-state index contributed by atoms with van der Waals surface area (Å²) in [6.45, 7) is 0. The molecule has 1 heterocycles. The second kappa shape index (κ2) is 5.35. The highest BCUT2D eigenvalue weighted by atomic mass is 32.1. The van der Waals surface area contributed by atoms with E-state index in [0.717, 1.165) is 17.8 Å². The average Bonchev–Trinajstić information content (AvgIpc) is 2.71. The highest BCUT2D eigenvalue weighted by Crippen LogP contribution is 2.30. The molecule has 0 radical (unpaired) electrons. The van der Waals surface area contributed by atoms with Crippen LogP contribution >= 0.6 is 11.5 Å². The van der Waals surface area contributed by atoms with Crippen LogP contribution in [0.1, 0.15) is 42.5 Å². The quantitative estimate of drug-likeness (QED) is 0.810. The van der Waals surface area contributed by atoms with Gasteiger partial charge in [-0.15, -0.1) is 0 Å². The highest BCUT2D eigenvalue weighted by Gasteiger charge is 2.22. The number of nitrogens with two attached hydrogens (primary N) is 1. The van der Waals surface area contributed by atoms with E-state index in [1.165, 1.54) is 37.9 Å². The fourth-order valence-electron chi connectivity index (χ4n) is 2.13. The number of hydrogen-bond donors (Lipinski definition) is 2. The van der Waals surface area contributed by atoms with Crippen molar-refractivity contribution < 1.29 is 9.53 Å². The van der Waals surface area contributed by atoms with Crippen LogP contribution in [0.5, 0.6) is 0 Å². The zero-order valence-electron chi connectivity index (χ0n) is 9.86. The van der Waals surface area contributed by atoms with Crippen molar-refractivity contribution in [1.29, 1.82) is 0 Å². The minimum atomic E-state index is -0.422. The normalized spacial score (nSPS) is 16.8. The summed E-state index contributed by atoms with van der Waals surface area (Å²) in [7, 11) is 1.35. The zero-order chi connectivity index (χ0) is 12.3. The molecule has 1 aromatic rings. The Kier molecular flexibility index (Phi) is 3.83. The molecule has 0 amide bonds. The summed E-state index contributed by atoms with van der Waals surface area (Å²) in [5.41, 5.74) is 6.06. The molecule has 1 aliphatic carbocycles. The lowest BCUT2D eigenvalue weighted by molar-refractivity contribution is 0.0603. The van der Waals surface area contributed by atoms with Gasteiger partial charge in [-0.25, -0.2) is 4.79 Å². The predicted molar refractivity (Wildman–Crippen MR) is 68.4 cm³/mol. The van der Waals surface area contributed by atoms with Crippen LogP contribution in [0.4, 0.5) is 10.8 Å². The molecule has 1 saturated carbocycles. The van der Waals surface area contributed by atoms with E-state index in [1.54, 1.807) is 0 Å². The van der Waals surface area contributed by atoms with Gasteiger partial charge in [0.1, 0.15) is 10.6 Å². The van der Waals surface area contributed by atoms with E-state index >= 15 is 0 Å². The molecule has 5 nitrogen and oxygen atoms in total. The summed E-state index contributed by atoms with van der Waals surface area (Å²) in [5.74, 6) is -0.172. The van der Waals surface area contributed by atoms with Gasteiger partial charge in [-0.1, -0.05) is 19.3 Å². The first-order valence-corrected chi connectivity index (χ1v) is 6.59. The summed E-state index contributed by atoms with van der Waals surface area (Å²) < 4.78 is 8.72. The van der Waals surface area contributed by atoms with Crippen LogP contribution in [0.2, 0.25) is 0 Å². The second-order valence-corrected chi connectivity index (χ2v) is 5.02. The summed E-state index contributed by atoms with van der Waals surface area (Å²) in [5, 5.41) is 4.10. The number of methoxy groups -OCH3 is 1. The number of nitrogens with one attached hydrogen (secondary N) is 1. The van der Waals surface area contributed by atoms with Crippen LogP contribution in [-0.2, 0) is 4.74 Å². The Morgan fingerprint density at radius 3 is 2.82 bits per heavy atom. The minimum absolute atomic E-state index is 0.250. The number of aromatic nitrogens is 1. The molecular weight excluding hydrogens is 238 g/mol. The monoisotopic (exact) mass is 255 g/mol. The van der Waals surface area contributed by atoms with Gasteiger partial charge < -0.3 is 15.8 Å². The van der Waals surface area contributed by atoms with Gasteiger partial charge in [0.05, 0.1) is 7.11 Å². The van der Waals surface area contributed by atoms with E-state index in [9.17, 15) is 4.79 Å². The fraction of sp³-hybridized carbons (Fsp3) is 0.636. The lowest BCUT2D eigenvalue weighted by atomic mass is 9.95. The summed E-state index contributed by atoms with van der Waals surface area (Å²) in [6, 6.07) is 0.423. The molecule has 0 aliphatic heterocycles. The van der Waals surface area contributed by atoms with Gasteiger partial charge in [-0.2, -0.15) is 4.37 Å². The first-order chi connectivity index (χ1) is 8.22. The van der Waals surface area contributed by atoms with E-state index < -0.39 is 5.97 Å². The van der Waals surface area contributed by atoms with Crippen molar-refractivity contribution in [1.82, 2.24) is 4.37 Å². The number of nitrogen functional groups attached to an aromatic ring is 1. The highest BCUT2D eigenvalue weighted by molar-refractivity contribution is 7.11. The topological polar surface area (TPSA) is 77.2 Å². The Bertz CT molecular complexity index is 399. The molecule has 94 valence electrons. The molecule has 2 rings (SSSR count). The van der Waals surface area contributed by atoms with E-state index in [4.69, 9.17) is 10.5 Å². The van der Waals surface area contributed by atoms with Crippen molar-refractivity contribution in [2.75, 3.05) is 18.2 Å². The zero-order valence-corrected chi connectivity index (χ0v) is 10.7. The van der Waals surface area contributed by atoms with Crippen molar-refractivity contribution >= 4 is 28.3 Å². The molecule has 1 aromatic heterocycles. The SMILES string of the molecule is COC(=O)c1c(N)nsc1NC1CCCCC1. The molecule has 3 N–H and O–H groups in total. The Morgan fingerprint density at radius 1 is 1.47 bits per heavy atom. The molecule has 0 saturated heterocycles. The lowest BCUT2D eigenvalue weighted by Gasteiger charge is -2.23. The summed E-state index contributed by atoms with van der Waals surface area (Å²) in [4.78, 5) is 11.6. The molecule has 6 heteroatoms. The molecule has 0 spiro atoms. The van der Waals surface area contributed by atoms with Crippen molar-refractivity contribution in [2.45, 2.75) is 38.1 Å². The van der Waals surface area contributed by atoms with Crippen LogP contribution in [-0.4, -0.2) is 23.5 Å². The smallest absolute Gasteiger partial charge is 0.344 e. The van der Waals surface area contributed by atoms with Gasteiger partial charge in [0.2, 0.25) is 0 Å². The molecule has 0 aromatic carbocycles. The predicted octanol–water partition coefficient (Wildman–Crippen LogP) is 2.26. The molecule has 17 heavy (non-hydrogen) atoms. The molecule has 0 unspecified atom stereocenters. The van der Waals surface area contributed by atoms with Crippen molar-refractivity contribution in [3.8, 4) is 0 Å². The number of hydrogen-bond acceptors (Lipinski definition) is 6. The van der Waals surface area contributed by atoms with Crippen molar-refractivity contribution in [3.63, 3.8) is 0 Å². The first-order valence-electron chi connectivity index (χ1n) is 5.82. The number of ether oxygens (including phenoxy) is 1. The Balaban J connectivity index is 2.12. The maximum absolute atomic E-state index is 11.6. The molecule has 1 aliphatic rings. The van der Waals surface area contributed by atoms with E-state index in [-0.39, 0.29) is 5.82 Å². The van der Waals surface area contributed by atoms with Crippen LogP contribution in [0.3, 0.4) is 0 Å². The maximum Gasteiger partial charge on any atom is 0.344 e. The van der Waals surface area contributed by atoms with Gasteiger partial charge >= 0.3 is 5.97 Å². The van der Waals surface area contributed by atoms with Gasteiger partial charge in [0.15, 0.2) is 5.82 Å². The molecular formula is C11H17N3O2S. The molecule has 0 bridgehead atoms. The third kappa shape index (κ3) is 2.69. The van der Waals surface area contributed by atoms with Crippen LogP contribution in [0, 0.1) is 0 Å². The van der Waals surface area contributed by atoms with Crippen LogP contribution < -0.4 is 11.1 Å². The number of carbonyl (C=O) groups excluding carboxylic acids is 1. The number of anilines is 2. The van der Waals surface area contributed by atoms with E-state index in [1.807, 2.05) is 0 Å². The number of nitrogens with zero attached hydrogens (tertiary/aromatic N) is 1. The number of esters is 1. The van der Waals surface area contributed by atoms with Gasteiger partial charge in [0.25, 0.3) is 0 Å². The van der Waals surface area contributed by atoms with Gasteiger partial charge in [-0.05, 0) is 24.4 Å². The van der Waals surface area contributed by atoms with Gasteiger partial charge in [-0.3, -0.25) is 0 Å². The minimum Gasteiger partial charge on any atom is -0.465 e. The van der Waals surface area contributed by atoms with Crippen molar-refractivity contribution in [2.24, 2.45) is 0 Å². The summed E-state index contributed by atoms with van der Waals surface area (Å²) in [6.07, 6.45) is 6.04. The fourth-order valence-corrected chi connectivity index (χ4v) is 2.91. The number of rotatable bonds is 3.